The van der Waals surface area contributed by atoms with Gasteiger partial charge >= 0.3 is 6.09 Å². The van der Waals surface area contributed by atoms with E-state index in [-0.39, 0.29) is 18.2 Å². The van der Waals surface area contributed by atoms with E-state index in [4.69, 9.17) is 9.47 Å². The Hall–Kier alpha value is -2.37. The molecule has 2 atom stereocenters. The van der Waals surface area contributed by atoms with E-state index in [1.54, 1.807) is 4.90 Å². The molecule has 1 amide bonds. The van der Waals surface area contributed by atoms with Crippen LogP contribution in [0.1, 0.15) is 39.2 Å². The summed E-state index contributed by atoms with van der Waals surface area (Å²) in [7, 11) is 0. The predicted molar refractivity (Wildman–Crippen MR) is 111 cm³/mol. The van der Waals surface area contributed by atoms with Crippen molar-refractivity contribution in [2.45, 2.75) is 56.9 Å². The number of nitrogens with zero attached hydrogens (tertiary/aromatic N) is 1. The molecule has 2 saturated heterocycles. The second-order valence-corrected chi connectivity index (χ2v) is 9.12. The van der Waals surface area contributed by atoms with Gasteiger partial charge in [-0.1, -0.05) is 54.6 Å². The summed E-state index contributed by atoms with van der Waals surface area (Å²) < 4.78 is 11.3. The molecule has 0 aromatic heterocycles. The molecule has 5 nitrogen and oxygen atoms in total. The molecule has 2 unspecified atom stereocenters. The Morgan fingerprint density at radius 1 is 1.00 bits per heavy atom. The molecule has 5 heteroatoms. The molecule has 154 valence electrons. The van der Waals surface area contributed by atoms with E-state index in [1.807, 2.05) is 51.1 Å². The Balaban J connectivity index is 1.55. The van der Waals surface area contributed by atoms with Crippen molar-refractivity contribution in [1.82, 2.24) is 4.90 Å². The van der Waals surface area contributed by atoms with Crippen LogP contribution in [0.4, 0.5) is 4.79 Å². The molecule has 2 aliphatic rings. The van der Waals surface area contributed by atoms with Crippen molar-refractivity contribution in [3.8, 4) is 11.1 Å². The number of hydrogen-bond acceptors (Lipinski definition) is 4. The molecule has 4 rings (SSSR count). The zero-order valence-electron chi connectivity index (χ0n) is 17.3. The van der Waals surface area contributed by atoms with Crippen molar-refractivity contribution in [3.63, 3.8) is 0 Å². The van der Waals surface area contributed by atoms with E-state index in [9.17, 15) is 9.90 Å². The van der Waals surface area contributed by atoms with E-state index in [0.717, 1.165) is 16.7 Å². The number of piperidine rings is 1. The fourth-order valence-corrected chi connectivity index (χ4v) is 4.43. The molecule has 0 saturated carbocycles. The molecule has 0 spiro atoms. The number of morpholine rings is 1. The lowest BCUT2D eigenvalue weighted by Gasteiger charge is -2.51. The first-order chi connectivity index (χ1) is 13.8. The average Bonchev–Trinajstić information content (AvgIpc) is 2.67. The number of amides is 1. The van der Waals surface area contributed by atoms with Crippen LogP contribution in [0.2, 0.25) is 0 Å². The largest absolute Gasteiger partial charge is 0.444 e. The maximum absolute atomic E-state index is 12.7. The van der Waals surface area contributed by atoms with Gasteiger partial charge in [0.15, 0.2) is 0 Å². The Bertz CT molecular complexity index is 843. The molecule has 2 bridgehead atoms. The van der Waals surface area contributed by atoms with E-state index in [1.165, 1.54) is 0 Å². The van der Waals surface area contributed by atoms with E-state index < -0.39 is 11.2 Å². The second-order valence-electron chi connectivity index (χ2n) is 9.12. The normalized spacial score (nSPS) is 26.8. The smallest absolute Gasteiger partial charge is 0.410 e. The fourth-order valence-electron chi connectivity index (χ4n) is 4.43. The lowest BCUT2D eigenvalue weighted by Crippen LogP contribution is -2.63. The summed E-state index contributed by atoms with van der Waals surface area (Å²) >= 11 is 0. The van der Waals surface area contributed by atoms with Crippen molar-refractivity contribution in [2.24, 2.45) is 0 Å². The summed E-state index contributed by atoms with van der Waals surface area (Å²) in [6, 6.07) is 17.9. The van der Waals surface area contributed by atoms with Gasteiger partial charge in [-0.15, -0.1) is 0 Å². The van der Waals surface area contributed by atoms with Gasteiger partial charge in [0.25, 0.3) is 0 Å². The summed E-state index contributed by atoms with van der Waals surface area (Å²) in [5.74, 6) is 0. The van der Waals surface area contributed by atoms with Crippen LogP contribution in [0.5, 0.6) is 0 Å². The molecule has 1 N–H and O–H groups in total. The standard InChI is InChI=1S/C24H29NO4/c1-23(2,3)29-22(26)25-20-13-24(27,14-21(25)16-28-15-20)19-11-9-18(10-12-19)17-7-5-4-6-8-17/h4-12,20-21,27H,13-16H2,1-3H3. The number of benzene rings is 2. The Morgan fingerprint density at radius 2 is 1.55 bits per heavy atom. The molecular formula is C24H29NO4. The van der Waals surface area contributed by atoms with Gasteiger partial charge in [-0.05, 0) is 37.5 Å². The maximum Gasteiger partial charge on any atom is 0.410 e. The topological polar surface area (TPSA) is 59.0 Å². The number of aliphatic hydroxyl groups is 1. The Kier molecular flexibility index (Phi) is 5.13. The van der Waals surface area contributed by atoms with Gasteiger partial charge in [0.1, 0.15) is 5.60 Å². The molecule has 2 aliphatic heterocycles. The first-order valence-electron chi connectivity index (χ1n) is 10.2. The zero-order chi connectivity index (χ0) is 20.6. The minimum atomic E-state index is -0.979. The molecule has 2 aromatic rings. The molecule has 29 heavy (non-hydrogen) atoms. The van der Waals surface area contributed by atoms with Gasteiger partial charge in [0, 0.05) is 12.8 Å². The highest BCUT2D eigenvalue weighted by Gasteiger charge is 2.49. The Labute approximate surface area is 172 Å². The van der Waals surface area contributed by atoms with E-state index in [2.05, 4.69) is 24.3 Å². The van der Waals surface area contributed by atoms with Crippen LogP contribution < -0.4 is 0 Å². The van der Waals surface area contributed by atoms with Crippen molar-refractivity contribution in [1.29, 1.82) is 0 Å². The predicted octanol–water partition coefficient (Wildman–Crippen LogP) is 4.34. The SMILES string of the molecule is CC(C)(C)OC(=O)N1C2COCC1CC(O)(c1ccc(-c3ccccc3)cc1)C2. The molecule has 2 fully saturated rings. The lowest BCUT2D eigenvalue weighted by atomic mass is 9.76. The number of carbonyl (C=O) groups is 1. The summed E-state index contributed by atoms with van der Waals surface area (Å²) in [6.07, 6.45) is 0.554. The minimum absolute atomic E-state index is 0.198. The highest BCUT2D eigenvalue weighted by Crippen LogP contribution is 2.42. The van der Waals surface area contributed by atoms with Crippen LogP contribution in [0.3, 0.4) is 0 Å². The van der Waals surface area contributed by atoms with Crippen molar-refractivity contribution < 1.29 is 19.4 Å². The summed E-state index contributed by atoms with van der Waals surface area (Å²) in [4.78, 5) is 14.5. The first-order valence-corrected chi connectivity index (χ1v) is 10.2. The number of rotatable bonds is 2. The van der Waals surface area contributed by atoms with Gasteiger partial charge < -0.3 is 14.6 Å². The number of hydrogen-bond donors (Lipinski definition) is 1. The molecule has 0 aliphatic carbocycles. The minimum Gasteiger partial charge on any atom is -0.444 e. The number of carbonyl (C=O) groups excluding carboxylic acids is 1. The summed E-state index contributed by atoms with van der Waals surface area (Å²) in [5, 5.41) is 11.5. The third kappa shape index (κ3) is 4.16. The number of fused-ring (bicyclic) bond motifs is 2. The number of ether oxygens (including phenoxy) is 2. The van der Waals surface area contributed by atoms with Crippen molar-refractivity contribution in [2.75, 3.05) is 13.2 Å². The molecule has 2 aromatic carbocycles. The van der Waals surface area contributed by atoms with Gasteiger partial charge in [-0.2, -0.15) is 0 Å². The van der Waals surface area contributed by atoms with Gasteiger partial charge in [0.05, 0.1) is 30.9 Å². The van der Waals surface area contributed by atoms with Gasteiger partial charge in [-0.25, -0.2) is 4.79 Å². The monoisotopic (exact) mass is 395 g/mol. The van der Waals surface area contributed by atoms with Gasteiger partial charge in [-0.3, -0.25) is 4.90 Å². The third-order valence-corrected chi connectivity index (χ3v) is 5.69. The van der Waals surface area contributed by atoms with Crippen LogP contribution in [-0.4, -0.2) is 47.0 Å². The van der Waals surface area contributed by atoms with Crippen LogP contribution in [-0.2, 0) is 15.1 Å². The highest BCUT2D eigenvalue weighted by molar-refractivity contribution is 5.69. The quantitative estimate of drug-likeness (QED) is 0.822. The first kappa shape index (κ1) is 19.9. The second kappa shape index (κ2) is 7.47. The highest BCUT2D eigenvalue weighted by atomic mass is 16.6. The summed E-state index contributed by atoms with van der Waals surface area (Å²) in [5.41, 5.74) is 1.63. The Morgan fingerprint density at radius 3 is 2.10 bits per heavy atom. The van der Waals surface area contributed by atoms with Crippen molar-refractivity contribution in [3.05, 3.63) is 60.2 Å². The maximum atomic E-state index is 12.7. The van der Waals surface area contributed by atoms with E-state index in [0.29, 0.717) is 26.1 Å². The fraction of sp³-hybridized carbons (Fsp3) is 0.458. The molecular weight excluding hydrogens is 366 g/mol. The molecule has 2 heterocycles. The van der Waals surface area contributed by atoms with Crippen molar-refractivity contribution >= 4 is 6.09 Å². The van der Waals surface area contributed by atoms with Crippen LogP contribution in [0.25, 0.3) is 11.1 Å². The lowest BCUT2D eigenvalue weighted by molar-refractivity contribution is -0.141. The van der Waals surface area contributed by atoms with Gasteiger partial charge in [0.2, 0.25) is 0 Å². The third-order valence-electron chi connectivity index (χ3n) is 5.69. The summed E-state index contributed by atoms with van der Waals surface area (Å²) in [6.45, 7) is 6.43. The average molecular weight is 395 g/mol. The molecule has 0 radical (unpaired) electrons. The van der Waals surface area contributed by atoms with E-state index >= 15 is 0 Å². The van der Waals surface area contributed by atoms with Crippen LogP contribution in [0, 0.1) is 0 Å². The van der Waals surface area contributed by atoms with Crippen LogP contribution in [0.15, 0.2) is 54.6 Å². The zero-order valence-corrected chi connectivity index (χ0v) is 17.3. The van der Waals surface area contributed by atoms with Crippen LogP contribution >= 0.6 is 0 Å².